The monoisotopic (exact) mass is 155 g/mol. The smallest absolute Gasteiger partial charge is 0.0573 e. The van der Waals surface area contributed by atoms with Gasteiger partial charge >= 0.3 is 0 Å². The van der Waals surface area contributed by atoms with Crippen LogP contribution in [0.1, 0.15) is 40.0 Å². The van der Waals surface area contributed by atoms with Crippen LogP contribution in [0.4, 0.5) is 0 Å². The first-order valence-electron chi connectivity index (χ1n) is 4.51. The van der Waals surface area contributed by atoms with Gasteiger partial charge in [-0.1, -0.05) is 20.8 Å². The second kappa shape index (κ2) is 3.14. The number of aliphatic hydroxyl groups is 1. The second-order valence-electron chi connectivity index (χ2n) is 4.64. The average Bonchev–Trinajstić information content (AvgIpc) is 1.86. The Bertz CT molecular complexity index is 123. The van der Waals surface area contributed by atoms with Gasteiger partial charge in [0.05, 0.1) is 6.10 Å². The normalized spacial score (nSPS) is 33.8. The summed E-state index contributed by atoms with van der Waals surface area (Å²) in [4.78, 5) is 0. The summed E-state index contributed by atoms with van der Waals surface area (Å²) < 4.78 is 0. The average molecular weight is 155 g/mol. The van der Waals surface area contributed by atoms with Crippen LogP contribution in [-0.4, -0.2) is 11.2 Å². The van der Waals surface area contributed by atoms with Crippen molar-refractivity contribution in [3.05, 3.63) is 6.42 Å². The maximum atomic E-state index is 9.68. The molecule has 0 bridgehead atoms. The molecule has 2 unspecified atom stereocenters. The molecule has 1 saturated carbocycles. The quantitative estimate of drug-likeness (QED) is 0.569. The predicted molar refractivity (Wildman–Crippen MR) is 47.1 cm³/mol. The van der Waals surface area contributed by atoms with Crippen molar-refractivity contribution in [1.29, 1.82) is 0 Å². The predicted octanol–water partition coefficient (Wildman–Crippen LogP) is 2.40. The van der Waals surface area contributed by atoms with E-state index in [0.717, 1.165) is 19.3 Å². The Morgan fingerprint density at radius 2 is 2.00 bits per heavy atom. The van der Waals surface area contributed by atoms with Gasteiger partial charge in [0, 0.05) is 0 Å². The van der Waals surface area contributed by atoms with Gasteiger partial charge in [-0.2, -0.15) is 0 Å². The highest BCUT2D eigenvalue weighted by atomic mass is 16.3. The van der Waals surface area contributed by atoms with E-state index in [1.807, 2.05) is 0 Å². The van der Waals surface area contributed by atoms with Gasteiger partial charge in [0.2, 0.25) is 0 Å². The van der Waals surface area contributed by atoms with Crippen LogP contribution in [0.25, 0.3) is 0 Å². The summed E-state index contributed by atoms with van der Waals surface area (Å²) in [5, 5.41) is 9.68. The third kappa shape index (κ3) is 2.19. The van der Waals surface area contributed by atoms with E-state index >= 15 is 0 Å². The summed E-state index contributed by atoms with van der Waals surface area (Å²) in [6, 6.07) is 0. The summed E-state index contributed by atoms with van der Waals surface area (Å²) in [7, 11) is 0. The maximum Gasteiger partial charge on any atom is 0.0573 e. The molecule has 0 aromatic rings. The zero-order valence-electron chi connectivity index (χ0n) is 7.80. The second-order valence-corrected chi connectivity index (χ2v) is 4.64. The lowest BCUT2D eigenvalue weighted by Gasteiger charge is -2.37. The van der Waals surface area contributed by atoms with Crippen LogP contribution in [0.15, 0.2) is 0 Å². The van der Waals surface area contributed by atoms with Crippen LogP contribution in [0.5, 0.6) is 0 Å². The molecular formula is C10H19O. The first-order chi connectivity index (χ1) is 5.02. The van der Waals surface area contributed by atoms with E-state index < -0.39 is 0 Å². The Labute approximate surface area is 69.8 Å². The fraction of sp³-hybridized carbons (Fsp3) is 0.900. The van der Waals surface area contributed by atoms with E-state index in [9.17, 15) is 5.11 Å². The minimum Gasteiger partial charge on any atom is -0.393 e. The lowest BCUT2D eigenvalue weighted by atomic mass is 9.71. The highest BCUT2D eigenvalue weighted by Gasteiger charge is 2.32. The Kier molecular flexibility index (Phi) is 2.58. The van der Waals surface area contributed by atoms with E-state index in [4.69, 9.17) is 0 Å². The lowest BCUT2D eigenvalue weighted by Crippen LogP contribution is -2.34. The van der Waals surface area contributed by atoms with Crippen molar-refractivity contribution in [3.63, 3.8) is 0 Å². The lowest BCUT2D eigenvalue weighted by molar-refractivity contribution is 0.0232. The molecule has 0 aliphatic heterocycles. The highest BCUT2D eigenvalue weighted by molar-refractivity contribution is 4.89. The molecule has 1 N–H and O–H groups in total. The standard InChI is InChI=1S/C10H19O/c1-10(2,3)8-6-4-5-7-9(8)11/h4,8-9,11H,5-7H2,1-3H3. The van der Waals surface area contributed by atoms with Crippen molar-refractivity contribution in [2.45, 2.75) is 46.1 Å². The van der Waals surface area contributed by atoms with E-state index in [-0.39, 0.29) is 11.5 Å². The molecule has 1 aliphatic carbocycles. The number of rotatable bonds is 0. The first kappa shape index (κ1) is 9.05. The number of hydrogen-bond acceptors (Lipinski definition) is 1. The summed E-state index contributed by atoms with van der Waals surface area (Å²) in [6.45, 7) is 6.63. The SMILES string of the molecule is CC(C)(C)C1C[CH]CCC1O. The third-order valence-electron chi connectivity index (χ3n) is 2.66. The van der Waals surface area contributed by atoms with Gasteiger partial charge in [0.15, 0.2) is 0 Å². The first-order valence-corrected chi connectivity index (χ1v) is 4.51. The van der Waals surface area contributed by atoms with Crippen molar-refractivity contribution in [2.75, 3.05) is 0 Å². The zero-order valence-corrected chi connectivity index (χ0v) is 7.80. The van der Waals surface area contributed by atoms with Crippen LogP contribution >= 0.6 is 0 Å². The van der Waals surface area contributed by atoms with Gasteiger partial charge in [0.25, 0.3) is 0 Å². The van der Waals surface area contributed by atoms with Crippen molar-refractivity contribution in [1.82, 2.24) is 0 Å². The molecule has 0 heterocycles. The highest BCUT2D eigenvalue weighted by Crippen LogP contribution is 2.37. The molecule has 65 valence electrons. The fourth-order valence-corrected chi connectivity index (χ4v) is 1.88. The molecule has 1 radical (unpaired) electrons. The van der Waals surface area contributed by atoms with Crippen LogP contribution < -0.4 is 0 Å². The maximum absolute atomic E-state index is 9.68. The number of aliphatic hydroxyl groups excluding tert-OH is 1. The molecule has 1 rings (SSSR count). The molecule has 1 fully saturated rings. The van der Waals surface area contributed by atoms with Crippen molar-refractivity contribution < 1.29 is 5.11 Å². The number of hydrogen-bond donors (Lipinski definition) is 1. The summed E-state index contributed by atoms with van der Waals surface area (Å²) in [6.07, 6.45) is 5.38. The van der Waals surface area contributed by atoms with E-state index in [1.54, 1.807) is 0 Å². The molecule has 0 spiro atoms. The van der Waals surface area contributed by atoms with Crippen LogP contribution in [0, 0.1) is 17.8 Å². The summed E-state index contributed by atoms with van der Waals surface area (Å²) in [5.74, 6) is 0.469. The van der Waals surface area contributed by atoms with Crippen LogP contribution in [-0.2, 0) is 0 Å². The molecule has 0 aromatic heterocycles. The molecule has 0 aromatic carbocycles. The molecule has 1 heteroatoms. The van der Waals surface area contributed by atoms with Crippen molar-refractivity contribution >= 4 is 0 Å². The van der Waals surface area contributed by atoms with E-state index in [0.29, 0.717) is 5.92 Å². The van der Waals surface area contributed by atoms with Gasteiger partial charge in [-0.3, -0.25) is 0 Å². The van der Waals surface area contributed by atoms with Crippen LogP contribution in [0.3, 0.4) is 0 Å². The van der Waals surface area contributed by atoms with Gasteiger partial charge in [0.1, 0.15) is 0 Å². The molecule has 0 amide bonds. The van der Waals surface area contributed by atoms with Gasteiger partial charge in [-0.05, 0) is 37.0 Å². The van der Waals surface area contributed by atoms with E-state index in [1.165, 1.54) is 0 Å². The van der Waals surface area contributed by atoms with Crippen LogP contribution in [0.2, 0.25) is 0 Å². The van der Waals surface area contributed by atoms with Gasteiger partial charge < -0.3 is 5.11 Å². The summed E-state index contributed by atoms with van der Waals surface area (Å²) >= 11 is 0. The minimum atomic E-state index is -0.0694. The molecule has 1 aliphatic rings. The van der Waals surface area contributed by atoms with Crippen molar-refractivity contribution in [2.24, 2.45) is 11.3 Å². The molecular weight excluding hydrogens is 136 g/mol. The minimum absolute atomic E-state index is 0.0694. The zero-order chi connectivity index (χ0) is 8.48. The molecule has 11 heavy (non-hydrogen) atoms. The third-order valence-corrected chi connectivity index (χ3v) is 2.66. The molecule has 2 atom stereocenters. The molecule has 0 saturated heterocycles. The molecule has 1 nitrogen and oxygen atoms in total. The van der Waals surface area contributed by atoms with Crippen molar-refractivity contribution in [3.8, 4) is 0 Å². The van der Waals surface area contributed by atoms with E-state index in [2.05, 4.69) is 27.2 Å². The Balaban J connectivity index is 2.55. The Hall–Kier alpha value is -0.0400. The summed E-state index contributed by atoms with van der Waals surface area (Å²) in [5.41, 5.74) is 0.260. The topological polar surface area (TPSA) is 20.2 Å². The fourth-order valence-electron chi connectivity index (χ4n) is 1.88. The Morgan fingerprint density at radius 1 is 1.36 bits per heavy atom. The van der Waals surface area contributed by atoms with Gasteiger partial charge in [-0.15, -0.1) is 0 Å². The van der Waals surface area contributed by atoms with Gasteiger partial charge in [-0.25, -0.2) is 0 Å². The largest absolute Gasteiger partial charge is 0.393 e. The Morgan fingerprint density at radius 3 is 2.36 bits per heavy atom.